The summed E-state index contributed by atoms with van der Waals surface area (Å²) in [6.07, 6.45) is 2.05. The van der Waals surface area contributed by atoms with Crippen LogP contribution in [-0.2, 0) is 6.42 Å². The number of aryl methyl sites for hydroxylation is 2. The molecule has 0 spiro atoms. The van der Waals surface area contributed by atoms with Crippen LogP contribution >= 0.6 is 0 Å². The number of nitrogens with one attached hydrogen (secondary N) is 1. The van der Waals surface area contributed by atoms with Gasteiger partial charge in [-0.1, -0.05) is 17.7 Å². The van der Waals surface area contributed by atoms with Crippen molar-refractivity contribution in [1.82, 2.24) is 5.32 Å². The first kappa shape index (κ1) is 10.6. The minimum Gasteiger partial charge on any atom is -0.316 e. The Morgan fingerprint density at radius 3 is 2.87 bits per heavy atom. The lowest BCUT2D eigenvalue weighted by molar-refractivity contribution is 0.540. The highest BCUT2D eigenvalue weighted by Gasteiger charge is 2.17. The summed E-state index contributed by atoms with van der Waals surface area (Å²) in [7, 11) is 0. The van der Waals surface area contributed by atoms with Gasteiger partial charge in [0, 0.05) is 0 Å². The van der Waals surface area contributed by atoms with Crippen LogP contribution in [0.25, 0.3) is 0 Å². The van der Waals surface area contributed by atoms with Crippen LogP contribution in [0.1, 0.15) is 23.1 Å². The van der Waals surface area contributed by atoms with Crippen LogP contribution in [0.5, 0.6) is 0 Å². The SMILES string of the molecule is Cc1cc(C)c(F)c(CC2CCNC2)c1. The smallest absolute Gasteiger partial charge is 0.129 e. The molecule has 0 radical (unpaired) electrons. The van der Waals surface area contributed by atoms with Gasteiger partial charge in [0.2, 0.25) is 0 Å². The summed E-state index contributed by atoms with van der Waals surface area (Å²) < 4.78 is 13.8. The predicted octanol–water partition coefficient (Wildman–Crippen LogP) is 2.59. The summed E-state index contributed by atoms with van der Waals surface area (Å²) in [4.78, 5) is 0. The molecule has 1 aromatic rings. The predicted molar refractivity (Wildman–Crippen MR) is 60.6 cm³/mol. The van der Waals surface area contributed by atoms with E-state index in [0.29, 0.717) is 5.92 Å². The summed E-state index contributed by atoms with van der Waals surface area (Å²) in [6, 6.07) is 3.90. The lowest BCUT2D eigenvalue weighted by Crippen LogP contribution is -2.11. The van der Waals surface area contributed by atoms with Crippen LogP contribution in [0.4, 0.5) is 4.39 Å². The van der Waals surface area contributed by atoms with Gasteiger partial charge in [0.1, 0.15) is 5.82 Å². The van der Waals surface area contributed by atoms with Crippen molar-refractivity contribution >= 4 is 0 Å². The molecule has 0 aliphatic carbocycles. The molecule has 0 amide bonds. The van der Waals surface area contributed by atoms with Crippen molar-refractivity contribution in [1.29, 1.82) is 0 Å². The molecule has 2 heteroatoms. The van der Waals surface area contributed by atoms with Crippen LogP contribution in [0, 0.1) is 25.6 Å². The number of halogens is 1. The van der Waals surface area contributed by atoms with E-state index in [1.54, 1.807) is 0 Å². The van der Waals surface area contributed by atoms with Gasteiger partial charge < -0.3 is 5.32 Å². The first-order chi connectivity index (χ1) is 7.16. The Bertz CT molecular complexity index is 354. The van der Waals surface area contributed by atoms with Crippen LogP contribution < -0.4 is 5.32 Å². The lowest BCUT2D eigenvalue weighted by atomic mass is 9.95. The summed E-state index contributed by atoms with van der Waals surface area (Å²) in [5.41, 5.74) is 2.83. The first-order valence-corrected chi connectivity index (χ1v) is 5.63. The molecule has 0 aromatic heterocycles. The number of rotatable bonds is 2. The lowest BCUT2D eigenvalue weighted by Gasteiger charge is -2.11. The van der Waals surface area contributed by atoms with Crippen molar-refractivity contribution in [2.45, 2.75) is 26.7 Å². The van der Waals surface area contributed by atoms with Gasteiger partial charge in [0.25, 0.3) is 0 Å². The van der Waals surface area contributed by atoms with E-state index in [1.807, 2.05) is 26.0 Å². The Morgan fingerprint density at radius 1 is 1.40 bits per heavy atom. The average Bonchev–Trinajstić information content (AvgIpc) is 2.66. The van der Waals surface area contributed by atoms with Crippen molar-refractivity contribution < 1.29 is 4.39 Å². The molecule has 1 fully saturated rings. The molecule has 0 bridgehead atoms. The average molecular weight is 207 g/mol. The molecule has 1 saturated heterocycles. The molecule has 1 aliphatic rings. The maximum atomic E-state index is 13.8. The molecule has 1 atom stereocenters. The molecule has 0 saturated carbocycles. The first-order valence-electron chi connectivity index (χ1n) is 5.63. The summed E-state index contributed by atoms with van der Waals surface area (Å²) in [5, 5.41) is 3.32. The molecule has 1 nitrogen and oxygen atoms in total. The molecule has 1 heterocycles. The summed E-state index contributed by atoms with van der Waals surface area (Å²) in [6.45, 7) is 5.99. The standard InChI is InChI=1S/C13H18FN/c1-9-5-10(2)13(14)12(6-9)7-11-3-4-15-8-11/h5-6,11,15H,3-4,7-8H2,1-2H3. The van der Waals surface area contributed by atoms with E-state index in [0.717, 1.165) is 36.2 Å². The van der Waals surface area contributed by atoms with Gasteiger partial charge in [0.05, 0.1) is 0 Å². The Morgan fingerprint density at radius 2 is 2.20 bits per heavy atom. The second kappa shape index (κ2) is 4.31. The van der Waals surface area contributed by atoms with Gasteiger partial charge in [-0.05, 0) is 56.8 Å². The van der Waals surface area contributed by atoms with Gasteiger partial charge in [-0.2, -0.15) is 0 Å². The molecule has 82 valence electrons. The van der Waals surface area contributed by atoms with Crippen molar-refractivity contribution in [2.75, 3.05) is 13.1 Å². The summed E-state index contributed by atoms with van der Waals surface area (Å²) in [5.74, 6) is 0.605. The van der Waals surface area contributed by atoms with Gasteiger partial charge in [-0.25, -0.2) is 4.39 Å². The monoisotopic (exact) mass is 207 g/mol. The Balaban J connectivity index is 2.19. The van der Waals surface area contributed by atoms with Crippen molar-refractivity contribution in [2.24, 2.45) is 5.92 Å². The Kier molecular flexibility index (Phi) is 3.06. The molecule has 1 unspecified atom stereocenters. The molecular weight excluding hydrogens is 189 g/mol. The molecule has 15 heavy (non-hydrogen) atoms. The van der Waals surface area contributed by atoms with Gasteiger partial charge in [-0.3, -0.25) is 0 Å². The third-order valence-electron chi connectivity index (χ3n) is 3.15. The fraction of sp³-hybridized carbons (Fsp3) is 0.538. The van der Waals surface area contributed by atoms with Gasteiger partial charge >= 0.3 is 0 Å². The van der Waals surface area contributed by atoms with E-state index in [1.165, 1.54) is 6.42 Å². The third-order valence-corrected chi connectivity index (χ3v) is 3.15. The normalized spacial score (nSPS) is 20.9. The van der Waals surface area contributed by atoms with Crippen LogP contribution in [0.3, 0.4) is 0 Å². The highest BCUT2D eigenvalue weighted by Crippen LogP contribution is 2.21. The largest absolute Gasteiger partial charge is 0.316 e. The van der Waals surface area contributed by atoms with Crippen molar-refractivity contribution in [3.05, 3.63) is 34.6 Å². The fourth-order valence-electron chi connectivity index (χ4n) is 2.39. The Hall–Kier alpha value is -0.890. The molecule has 1 aliphatic heterocycles. The topological polar surface area (TPSA) is 12.0 Å². The van der Waals surface area contributed by atoms with Crippen molar-refractivity contribution in [3.8, 4) is 0 Å². The molecule has 1 aromatic carbocycles. The second-order valence-electron chi connectivity index (χ2n) is 4.62. The van der Waals surface area contributed by atoms with Gasteiger partial charge in [0.15, 0.2) is 0 Å². The highest BCUT2D eigenvalue weighted by atomic mass is 19.1. The number of benzene rings is 1. The summed E-state index contributed by atoms with van der Waals surface area (Å²) >= 11 is 0. The van der Waals surface area contributed by atoms with Gasteiger partial charge in [-0.15, -0.1) is 0 Å². The zero-order valence-electron chi connectivity index (χ0n) is 9.44. The Labute approximate surface area is 90.7 Å². The minimum atomic E-state index is -0.00694. The van der Waals surface area contributed by atoms with E-state index in [9.17, 15) is 4.39 Å². The van der Waals surface area contributed by atoms with E-state index in [-0.39, 0.29) is 5.82 Å². The van der Waals surface area contributed by atoms with E-state index in [2.05, 4.69) is 5.32 Å². The fourth-order valence-corrected chi connectivity index (χ4v) is 2.39. The van der Waals surface area contributed by atoms with E-state index in [4.69, 9.17) is 0 Å². The zero-order valence-corrected chi connectivity index (χ0v) is 9.44. The zero-order chi connectivity index (χ0) is 10.8. The maximum Gasteiger partial charge on any atom is 0.129 e. The van der Waals surface area contributed by atoms with Crippen molar-refractivity contribution in [3.63, 3.8) is 0 Å². The third kappa shape index (κ3) is 2.37. The highest BCUT2D eigenvalue weighted by molar-refractivity contribution is 5.30. The quantitative estimate of drug-likeness (QED) is 0.786. The number of hydrogen-bond donors (Lipinski definition) is 1. The second-order valence-corrected chi connectivity index (χ2v) is 4.62. The van der Waals surface area contributed by atoms with Crippen LogP contribution in [0.15, 0.2) is 12.1 Å². The van der Waals surface area contributed by atoms with Crippen LogP contribution in [-0.4, -0.2) is 13.1 Å². The number of hydrogen-bond acceptors (Lipinski definition) is 1. The van der Waals surface area contributed by atoms with E-state index < -0.39 is 0 Å². The van der Waals surface area contributed by atoms with Crippen LogP contribution in [0.2, 0.25) is 0 Å². The van der Waals surface area contributed by atoms with E-state index >= 15 is 0 Å². The molecule has 2 rings (SSSR count). The maximum absolute atomic E-state index is 13.8. The minimum absolute atomic E-state index is 0.00694. The molecule has 1 N–H and O–H groups in total. The molecular formula is C13H18FN.